The minimum absolute atomic E-state index is 0.0125. The molecule has 1 aliphatic rings. The minimum Gasteiger partial charge on any atom is -0.445 e. The number of hydrogen-bond donors (Lipinski definition) is 2. The number of carbonyl (C=O) groups excluding carboxylic acids is 2. The van der Waals surface area contributed by atoms with Gasteiger partial charge in [-0.1, -0.05) is 97.7 Å². The van der Waals surface area contributed by atoms with Crippen molar-refractivity contribution in [1.82, 2.24) is 24.8 Å². The Balaban J connectivity index is 1.03. The van der Waals surface area contributed by atoms with Crippen molar-refractivity contribution in [3.63, 3.8) is 0 Å². The standard InChI is InChI=1S/C47H49ClFN5O5/c1-3-12-38-19-11-20-42(54(38)47(57)59-30-33-16-8-5-9-17-33)35-21-23-37(24-22-35)53-28-36-27-41(51-44(36)52-45(53)55)39-25-34(26-40(48)43(39)49)18-10-13-31(2)50-46(56)58-29-32-14-6-4-7-15-32/h4-9,14-17,21-28,31,38,42H,3,10-13,18-20,29-30H2,1-2H3,(H,50,56)(H,51,52,55)/t31-,38+,42-/m0/s1. The molecule has 3 heterocycles. The van der Waals surface area contributed by atoms with Crippen LogP contribution >= 0.6 is 11.6 Å². The highest BCUT2D eigenvalue weighted by atomic mass is 35.5. The highest BCUT2D eigenvalue weighted by Gasteiger charge is 2.36. The summed E-state index contributed by atoms with van der Waals surface area (Å²) in [6.45, 7) is 4.44. The van der Waals surface area contributed by atoms with E-state index in [1.807, 2.05) is 96.8 Å². The molecule has 12 heteroatoms. The second-order valence-corrected chi connectivity index (χ2v) is 15.7. The number of aromatic amines is 1. The van der Waals surface area contributed by atoms with Gasteiger partial charge in [0, 0.05) is 29.2 Å². The zero-order valence-corrected chi connectivity index (χ0v) is 34.1. The third-order valence-corrected chi connectivity index (χ3v) is 11.2. The number of halogens is 2. The normalized spacial score (nSPS) is 15.8. The van der Waals surface area contributed by atoms with Gasteiger partial charge in [0.2, 0.25) is 0 Å². The number of carbonyl (C=O) groups is 2. The minimum atomic E-state index is -0.578. The third kappa shape index (κ3) is 10.2. The molecule has 2 amide bonds. The van der Waals surface area contributed by atoms with Crippen LogP contribution < -0.4 is 11.0 Å². The fraction of sp³-hybridized carbons (Fsp3) is 0.319. The molecule has 0 radical (unpaired) electrons. The molecule has 6 aromatic rings. The Morgan fingerprint density at radius 2 is 1.63 bits per heavy atom. The molecule has 0 aliphatic carbocycles. The average Bonchev–Trinajstić information content (AvgIpc) is 3.66. The van der Waals surface area contributed by atoms with E-state index in [1.165, 1.54) is 4.57 Å². The van der Waals surface area contributed by atoms with E-state index in [4.69, 9.17) is 21.1 Å². The van der Waals surface area contributed by atoms with E-state index in [2.05, 4.69) is 22.2 Å². The summed E-state index contributed by atoms with van der Waals surface area (Å²) in [5.41, 5.74) is 4.80. The largest absolute Gasteiger partial charge is 0.445 e. The van der Waals surface area contributed by atoms with Crippen LogP contribution in [-0.2, 0) is 29.1 Å². The van der Waals surface area contributed by atoms with E-state index in [-0.39, 0.29) is 48.0 Å². The second kappa shape index (κ2) is 19.2. The molecule has 1 saturated heterocycles. The van der Waals surface area contributed by atoms with Crippen LogP contribution in [-0.4, -0.2) is 43.7 Å². The van der Waals surface area contributed by atoms with Gasteiger partial charge in [-0.3, -0.25) is 9.47 Å². The van der Waals surface area contributed by atoms with Crippen LogP contribution in [0.1, 0.15) is 87.1 Å². The Morgan fingerprint density at radius 1 is 0.932 bits per heavy atom. The topological polar surface area (TPSA) is 119 Å². The monoisotopic (exact) mass is 817 g/mol. The van der Waals surface area contributed by atoms with Gasteiger partial charge in [0.05, 0.1) is 22.4 Å². The first kappa shape index (κ1) is 41.2. The van der Waals surface area contributed by atoms with Crippen molar-refractivity contribution in [1.29, 1.82) is 0 Å². The summed E-state index contributed by atoms with van der Waals surface area (Å²) in [5, 5.41) is 3.47. The molecule has 0 saturated carbocycles. The average molecular weight is 818 g/mol. The predicted octanol–water partition coefficient (Wildman–Crippen LogP) is 10.8. The zero-order valence-electron chi connectivity index (χ0n) is 33.3. The number of likely N-dealkylation sites (tertiary alicyclic amines) is 1. The number of benzene rings is 4. The lowest BCUT2D eigenvalue weighted by atomic mass is 9.89. The van der Waals surface area contributed by atoms with Crippen LogP contribution in [0.3, 0.4) is 0 Å². The molecule has 0 spiro atoms. The summed E-state index contributed by atoms with van der Waals surface area (Å²) in [7, 11) is 0. The predicted molar refractivity (Wildman–Crippen MR) is 228 cm³/mol. The fourth-order valence-electron chi connectivity index (χ4n) is 7.91. The van der Waals surface area contributed by atoms with Gasteiger partial charge in [0.15, 0.2) is 5.82 Å². The van der Waals surface area contributed by atoms with Gasteiger partial charge < -0.3 is 19.8 Å². The van der Waals surface area contributed by atoms with Crippen LogP contribution in [0.25, 0.3) is 28.0 Å². The maximum absolute atomic E-state index is 15.5. The van der Waals surface area contributed by atoms with E-state index in [0.29, 0.717) is 41.7 Å². The Bertz CT molecular complexity index is 2420. The molecule has 1 aliphatic heterocycles. The number of ether oxygens (including phenoxy) is 2. The third-order valence-electron chi connectivity index (χ3n) is 10.9. The van der Waals surface area contributed by atoms with Crippen LogP contribution in [0.4, 0.5) is 14.0 Å². The summed E-state index contributed by atoms with van der Waals surface area (Å²) >= 11 is 6.39. The fourth-order valence-corrected chi connectivity index (χ4v) is 8.15. The van der Waals surface area contributed by atoms with Crippen molar-refractivity contribution in [2.75, 3.05) is 0 Å². The van der Waals surface area contributed by atoms with E-state index in [1.54, 1.807) is 24.4 Å². The molecule has 7 rings (SSSR count). The Kier molecular flexibility index (Phi) is 13.4. The number of fused-ring (bicyclic) bond motifs is 1. The summed E-state index contributed by atoms with van der Waals surface area (Å²) in [6.07, 6.45) is 7.45. The first-order chi connectivity index (χ1) is 28.7. The molecule has 1 fully saturated rings. The molecule has 59 heavy (non-hydrogen) atoms. The molecular weight excluding hydrogens is 769 g/mol. The van der Waals surface area contributed by atoms with Crippen molar-refractivity contribution in [2.45, 2.75) is 96.6 Å². The molecule has 306 valence electrons. The molecule has 10 nitrogen and oxygen atoms in total. The highest BCUT2D eigenvalue weighted by molar-refractivity contribution is 6.31. The maximum Gasteiger partial charge on any atom is 0.410 e. The molecule has 0 bridgehead atoms. The van der Waals surface area contributed by atoms with Gasteiger partial charge in [-0.2, -0.15) is 4.98 Å². The number of nitrogens with one attached hydrogen (secondary N) is 2. The quantitative estimate of drug-likeness (QED) is 0.113. The van der Waals surface area contributed by atoms with Gasteiger partial charge in [-0.25, -0.2) is 18.8 Å². The maximum atomic E-state index is 15.5. The lowest BCUT2D eigenvalue weighted by molar-refractivity contribution is 0.0384. The van der Waals surface area contributed by atoms with Gasteiger partial charge in [0.25, 0.3) is 0 Å². The van der Waals surface area contributed by atoms with E-state index in [9.17, 15) is 14.4 Å². The van der Waals surface area contributed by atoms with Crippen molar-refractivity contribution in [2.24, 2.45) is 0 Å². The Labute approximate surface area is 348 Å². The van der Waals surface area contributed by atoms with Crippen LogP contribution in [0.2, 0.25) is 5.02 Å². The van der Waals surface area contributed by atoms with Crippen molar-refractivity contribution < 1.29 is 23.5 Å². The number of rotatable bonds is 14. The van der Waals surface area contributed by atoms with Crippen molar-refractivity contribution >= 4 is 34.8 Å². The van der Waals surface area contributed by atoms with E-state index < -0.39 is 17.6 Å². The lowest BCUT2D eigenvalue weighted by Gasteiger charge is -2.41. The summed E-state index contributed by atoms with van der Waals surface area (Å²) in [4.78, 5) is 48.6. The SMILES string of the molecule is CCC[C@@H]1CCC[C@@H](c2ccc(-n3cc4cc(-c5cc(CCC[C@H](C)NC(=O)OCc6ccccc6)cc(Cl)c5F)[nH]c4nc3=O)cc2)N1C(=O)OCc1ccccc1. The molecule has 3 atom stereocenters. The van der Waals surface area contributed by atoms with E-state index >= 15 is 4.39 Å². The number of hydrogen-bond acceptors (Lipinski definition) is 6. The first-order valence-corrected chi connectivity index (χ1v) is 20.7. The van der Waals surface area contributed by atoms with Gasteiger partial charge in [-0.15, -0.1) is 0 Å². The number of amides is 2. The van der Waals surface area contributed by atoms with Gasteiger partial charge >= 0.3 is 17.9 Å². The summed E-state index contributed by atoms with van der Waals surface area (Å²) in [5.74, 6) is -0.578. The number of alkyl carbamates (subject to hydrolysis) is 1. The number of aromatic nitrogens is 3. The second-order valence-electron chi connectivity index (χ2n) is 15.2. The first-order valence-electron chi connectivity index (χ1n) is 20.3. The molecule has 4 aromatic carbocycles. The van der Waals surface area contributed by atoms with Crippen LogP contribution in [0.5, 0.6) is 0 Å². The van der Waals surface area contributed by atoms with Crippen LogP contribution in [0, 0.1) is 5.82 Å². The number of aryl methyl sites for hydroxylation is 1. The van der Waals surface area contributed by atoms with Gasteiger partial charge in [-0.05, 0) is 104 Å². The summed E-state index contributed by atoms with van der Waals surface area (Å²) in [6, 6.07) is 31.7. The Hall–Kier alpha value is -5.94. The van der Waals surface area contributed by atoms with Crippen molar-refractivity contribution in [3.8, 4) is 16.9 Å². The molecular formula is C47H49ClFN5O5. The van der Waals surface area contributed by atoms with Crippen LogP contribution in [0.15, 0.2) is 114 Å². The number of H-pyrrole nitrogens is 1. The molecule has 0 unspecified atom stereocenters. The number of nitrogens with zero attached hydrogens (tertiary/aromatic N) is 3. The van der Waals surface area contributed by atoms with E-state index in [0.717, 1.165) is 54.4 Å². The molecule has 2 N–H and O–H groups in total. The summed E-state index contributed by atoms with van der Waals surface area (Å²) < 4.78 is 28.2. The Morgan fingerprint density at radius 3 is 2.32 bits per heavy atom. The molecule has 2 aromatic heterocycles. The number of piperidine rings is 1. The zero-order chi connectivity index (χ0) is 41.3. The highest BCUT2D eigenvalue weighted by Crippen LogP contribution is 2.37. The van der Waals surface area contributed by atoms with Gasteiger partial charge in [0.1, 0.15) is 18.9 Å². The lowest BCUT2D eigenvalue weighted by Crippen LogP contribution is -2.46. The smallest absolute Gasteiger partial charge is 0.410 e. The van der Waals surface area contributed by atoms with Crippen molar-refractivity contribution in [3.05, 3.63) is 153 Å².